The van der Waals surface area contributed by atoms with E-state index in [1.807, 2.05) is 0 Å². The van der Waals surface area contributed by atoms with Crippen molar-refractivity contribution in [2.45, 2.75) is 12.8 Å². The van der Waals surface area contributed by atoms with Crippen molar-refractivity contribution in [2.75, 3.05) is 14.2 Å². The maximum absolute atomic E-state index is 10.8. The zero-order valence-electron chi connectivity index (χ0n) is 9.73. The summed E-state index contributed by atoms with van der Waals surface area (Å²) in [6, 6.07) is 3.26. The van der Waals surface area contributed by atoms with E-state index in [1.54, 1.807) is 12.1 Å². The van der Waals surface area contributed by atoms with E-state index in [0.717, 1.165) is 0 Å². The Hall–Kier alpha value is -2.04. The molecular formula is C12H14O5. The summed E-state index contributed by atoms with van der Waals surface area (Å²) in [4.78, 5) is 21.3. The molecule has 17 heavy (non-hydrogen) atoms. The van der Waals surface area contributed by atoms with Crippen molar-refractivity contribution in [2.24, 2.45) is 0 Å². The van der Waals surface area contributed by atoms with Crippen LogP contribution in [0.3, 0.4) is 0 Å². The fourth-order valence-electron chi connectivity index (χ4n) is 1.58. The highest BCUT2D eigenvalue weighted by atomic mass is 16.5. The van der Waals surface area contributed by atoms with Gasteiger partial charge in [0.25, 0.3) is 0 Å². The Bertz CT molecular complexity index is 425. The number of carboxylic acids is 1. The number of carboxylic acid groups (broad SMARTS) is 1. The first-order valence-corrected chi connectivity index (χ1v) is 5.04. The van der Waals surface area contributed by atoms with E-state index in [4.69, 9.17) is 14.6 Å². The first-order chi connectivity index (χ1) is 8.13. The molecule has 0 spiro atoms. The summed E-state index contributed by atoms with van der Waals surface area (Å²) in [7, 11) is 2.89. The highest BCUT2D eigenvalue weighted by molar-refractivity contribution is 5.82. The molecule has 0 radical (unpaired) electrons. The molecule has 0 unspecified atom stereocenters. The second kappa shape index (κ2) is 5.89. The average Bonchev–Trinajstić information content (AvgIpc) is 2.34. The van der Waals surface area contributed by atoms with E-state index < -0.39 is 5.97 Å². The molecule has 0 aromatic heterocycles. The average molecular weight is 238 g/mol. The van der Waals surface area contributed by atoms with Gasteiger partial charge in [0.05, 0.1) is 19.8 Å². The molecule has 0 bridgehead atoms. The number of ether oxygens (including phenoxy) is 2. The molecule has 0 amide bonds. The molecule has 92 valence electrons. The molecule has 0 aliphatic rings. The summed E-state index contributed by atoms with van der Waals surface area (Å²) in [5, 5.41) is 8.64. The molecule has 1 rings (SSSR count). The number of carbonyl (C=O) groups excluding carboxylic acids is 1. The number of aldehydes is 1. The van der Waals surface area contributed by atoms with Gasteiger partial charge in [-0.05, 0) is 18.1 Å². The Kier molecular flexibility index (Phi) is 4.51. The number of hydrogen-bond acceptors (Lipinski definition) is 4. The second-order valence-corrected chi connectivity index (χ2v) is 3.39. The topological polar surface area (TPSA) is 72.8 Å². The van der Waals surface area contributed by atoms with Gasteiger partial charge in [-0.1, -0.05) is 6.07 Å². The van der Waals surface area contributed by atoms with Crippen LogP contribution in [0.25, 0.3) is 0 Å². The van der Waals surface area contributed by atoms with E-state index >= 15 is 0 Å². The van der Waals surface area contributed by atoms with Gasteiger partial charge in [-0.15, -0.1) is 0 Å². The molecule has 5 heteroatoms. The van der Waals surface area contributed by atoms with E-state index in [2.05, 4.69) is 0 Å². The number of hydrogen-bond donors (Lipinski definition) is 1. The first kappa shape index (κ1) is 13.0. The lowest BCUT2D eigenvalue weighted by atomic mass is 10.0. The minimum absolute atomic E-state index is 0.0000494. The molecule has 0 aliphatic carbocycles. The molecule has 0 saturated carbocycles. The molecule has 1 aromatic carbocycles. The second-order valence-electron chi connectivity index (χ2n) is 3.39. The molecule has 0 atom stereocenters. The zero-order chi connectivity index (χ0) is 12.8. The number of benzene rings is 1. The van der Waals surface area contributed by atoms with Gasteiger partial charge in [0, 0.05) is 6.42 Å². The lowest BCUT2D eigenvalue weighted by Gasteiger charge is -2.13. The standard InChI is InChI=1S/C12H14O5/c1-16-11-8(5-6-10(14)15)3-4-9(7-13)12(11)17-2/h3-4,7H,5-6H2,1-2H3,(H,14,15). The zero-order valence-corrected chi connectivity index (χ0v) is 9.73. The molecule has 0 heterocycles. The Morgan fingerprint density at radius 3 is 2.41 bits per heavy atom. The maximum Gasteiger partial charge on any atom is 0.303 e. The largest absolute Gasteiger partial charge is 0.493 e. The van der Waals surface area contributed by atoms with Crippen LogP contribution in [0.2, 0.25) is 0 Å². The van der Waals surface area contributed by atoms with E-state index in [1.165, 1.54) is 14.2 Å². The van der Waals surface area contributed by atoms with E-state index in [9.17, 15) is 9.59 Å². The molecule has 0 aliphatic heterocycles. The van der Waals surface area contributed by atoms with Crippen molar-refractivity contribution in [1.29, 1.82) is 0 Å². The Labute approximate surface area is 99.0 Å². The minimum Gasteiger partial charge on any atom is -0.493 e. The smallest absolute Gasteiger partial charge is 0.303 e. The summed E-state index contributed by atoms with van der Waals surface area (Å²) in [5.41, 5.74) is 1.08. The Balaban J connectivity index is 3.13. The first-order valence-electron chi connectivity index (χ1n) is 5.04. The number of rotatable bonds is 6. The van der Waals surface area contributed by atoms with Crippen molar-refractivity contribution in [1.82, 2.24) is 0 Å². The van der Waals surface area contributed by atoms with Crippen molar-refractivity contribution >= 4 is 12.3 Å². The third-order valence-corrected chi connectivity index (χ3v) is 2.37. The summed E-state index contributed by atoms with van der Waals surface area (Å²) < 4.78 is 10.3. The van der Waals surface area contributed by atoms with Crippen LogP contribution in [0.15, 0.2) is 12.1 Å². The summed E-state index contributed by atoms with van der Waals surface area (Å²) in [6.45, 7) is 0. The van der Waals surface area contributed by atoms with Gasteiger partial charge in [-0.3, -0.25) is 9.59 Å². The van der Waals surface area contributed by atoms with Crippen molar-refractivity contribution in [3.05, 3.63) is 23.3 Å². The monoisotopic (exact) mass is 238 g/mol. The lowest BCUT2D eigenvalue weighted by Crippen LogP contribution is -2.02. The third kappa shape index (κ3) is 2.96. The molecule has 0 fully saturated rings. The summed E-state index contributed by atoms with van der Waals surface area (Å²) >= 11 is 0. The Morgan fingerprint density at radius 2 is 1.94 bits per heavy atom. The fourth-order valence-corrected chi connectivity index (χ4v) is 1.58. The summed E-state index contributed by atoms with van der Waals surface area (Å²) in [5.74, 6) is -0.130. The maximum atomic E-state index is 10.8. The van der Waals surface area contributed by atoms with Gasteiger partial charge in [0.15, 0.2) is 17.8 Å². The van der Waals surface area contributed by atoms with Crippen molar-refractivity contribution in [3.8, 4) is 11.5 Å². The normalized spacial score (nSPS) is 9.76. The van der Waals surface area contributed by atoms with Crippen LogP contribution in [0.4, 0.5) is 0 Å². The number of carbonyl (C=O) groups is 2. The van der Waals surface area contributed by atoms with Crippen molar-refractivity contribution < 1.29 is 24.2 Å². The van der Waals surface area contributed by atoms with E-state index in [-0.39, 0.29) is 6.42 Å². The van der Waals surface area contributed by atoms with E-state index in [0.29, 0.717) is 35.3 Å². The van der Waals surface area contributed by atoms with Gasteiger partial charge in [0.1, 0.15) is 0 Å². The molecule has 0 saturated heterocycles. The predicted molar refractivity (Wildman–Crippen MR) is 60.9 cm³/mol. The Morgan fingerprint density at radius 1 is 1.29 bits per heavy atom. The number of aryl methyl sites for hydroxylation is 1. The van der Waals surface area contributed by atoms with Crippen LogP contribution in [0.1, 0.15) is 22.3 Å². The summed E-state index contributed by atoms with van der Waals surface area (Å²) in [6.07, 6.45) is 0.996. The quantitative estimate of drug-likeness (QED) is 0.761. The molecular weight excluding hydrogens is 224 g/mol. The van der Waals surface area contributed by atoms with Crippen LogP contribution in [-0.2, 0) is 11.2 Å². The van der Waals surface area contributed by atoms with Crippen LogP contribution in [-0.4, -0.2) is 31.6 Å². The van der Waals surface area contributed by atoms with Crippen LogP contribution in [0, 0.1) is 0 Å². The lowest BCUT2D eigenvalue weighted by molar-refractivity contribution is -0.136. The van der Waals surface area contributed by atoms with Crippen LogP contribution in [0.5, 0.6) is 11.5 Å². The predicted octanol–water partition coefficient (Wildman–Crippen LogP) is 1.53. The SMILES string of the molecule is COc1c(C=O)ccc(CCC(=O)O)c1OC. The highest BCUT2D eigenvalue weighted by Crippen LogP contribution is 2.34. The molecule has 5 nitrogen and oxygen atoms in total. The van der Waals surface area contributed by atoms with Crippen molar-refractivity contribution in [3.63, 3.8) is 0 Å². The van der Waals surface area contributed by atoms with Gasteiger partial charge in [-0.25, -0.2) is 0 Å². The number of methoxy groups -OCH3 is 2. The van der Waals surface area contributed by atoms with Gasteiger partial charge < -0.3 is 14.6 Å². The van der Waals surface area contributed by atoms with Crippen LogP contribution >= 0.6 is 0 Å². The molecule has 1 aromatic rings. The fraction of sp³-hybridized carbons (Fsp3) is 0.333. The number of aliphatic carboxylic acids is 1. The molecule has 1 N–H and O–H groups in total. The van der Waals surface area contributed by atoms with Gasteiger partial charge in [-0.2, -0.15) is 0 Å². The third-order valence-electron chi connectivity index (χ3n) is 2.37. The van der Waals surface area contributed by atoms with Crippen LogP contribution < -0.4 is 9.47 Å². The van der Waals surface area contributed by atoms with Gasteiger partial charge >= 0.3 is 5.97 Å². The highest BCUT2D eigenvalue weighted by Gasteiger charge is 2.15. The minimum atomic E-state index is -0.884. The van der Waals surface area contributed by atoms with Gasteiger partial charge in [0.2, 0.25) is 0 Å².